The van der Waals surface area contributed by atoms with Gasteiger partial charge in [-0.05, 0) is 35.6 Å². The fraction of sp³-hybridized carbons (Fsp3) is 0.294. The zero-order valence-electron chi connectivity index (χ0n) is 12.5. The van der Waals surface area contributed by atoms with Crippen molar-refractivity contribution in [3.8, 4) is 0 Å². The van der Waals surface area contributed by atoms with Gasteiger partial charge in [-0.15, -0.1) is 11.3 Å². The molecule has 1 N–H and O–H groups in total. The summed E-state index contributed by atoms with van der Waals surface area (Å²) in [5.74, 6) is -0.0899. The number of benzene rings is 1. The standard InChI is InChI=1S/C17H17ClN2O2S/c18-13-7-5-12(6-8-13)17(14-3-2-10-23-14)19-15(21)11-20-9-1-4-16(20)22/h2-3,5-8,10,17H,1,4,9,11H2,(H,19,21)/t17-/m1/s1. The van der Waals surface area contributed by atoms with Gasteiger partial charge in [-0.1, -0.05) is 29.8 Å². The summed E-state index contributed by atoms with van der Waals surface area (Å²) in [5.41, 5.74) is 0.970. The zero-order valence-corrected chi connectivity index (χ0v) is 14.1. The van der Waals surface area contributed by atoms with Crippen LogP contribution in [-0.2, 0) is 9.59 Å². The maximum atomic E-state index is 12.4. The van der Waals surface area contributed by atoms with Crippen LogP contribution in [0.4, 0.5) is 0 Å². The fourth-order valence-electron chi connectivity index (χ4n) is 2.68. The lowest BCUT2D eigenvalue weighted by atomic mass is 10.1. The lowest BCUT2D eigenvalue weighted by molar-refractivity contribution is -0.133. The van der Waals surface area contributed by atoms with E-state index in [1.54, 1.807) is 16.2 Å². The minimum atomic E-state index is -0.225. The van der Waals surface area contributed by atoms with Crippen molar-refractivity contribution in [1.29, 1.82) is 0 Å². The largest absolute Gasteiger partial charge is 0.343 e. The fourth-order valence-corrected chi connectivity index (χ4v) is 3.61. The highest BCUT2D eigenvalue weighted by atomic mass is 35.5. The second kappa shape index (κ2) is 7.15. The third kappa shape index (κ3) is 3.92. The van der Waals surface area contributed by atoms with Crippen LogP contribution in [0.5, 0.6) is 0 Å². The molecule has 2 aromatic rings. The third-order valence-electron chi connectivity index (χ3n) is 3.84. The summed E-state index contributed by atoms with van der Waals surface area (Å²) in [6, 6.07) is 11.2. The van der Waals surface area contributed by atoms with Crippen LogP contribution in [0.2, 0.25) is 5.02 Å². The van der Waals surface area contributed by atoms with Gasteiger partial charge in [0.05, 0.1) is 12.6 Å². The Morgan fingerprint density at radius 1 is 1.30 bits per heavy atom. The summed E-state index contributed by atoms with van der Waals surface area (Å²) >= 11 is 7.53. The van der Waals surface area contributed by atoms with Gasteiger partial charge >= 0.3 is 0 Å². The normalized spacial score (nSPS) is 15.7. The molecule has 0 unspecified atom stereocenters. The van der Waals surface area contributed by atoms with E-state index >= 15 is 0 Å². The van der Waals surface area contributed by atoms with Gasteiger partial charge < -0.3 is 10.2 Å². The number of carbonyl (C=O) groups is 2. The highest BCUT2D eigenvalue weighted by Gasteiger charge is 2.24. The molecule has 1 aliphatic rings. The van der Waals surface area contributed by atoms with Gasteiger partial charge in [-0.2, -0.15) is 0 Å². The number of carbonyl (C=O) groups excluding carboxylic acids is 2. The maximum Gasteiger partial charge on any atom is 0.240 e. The van der Waals surface area contributed by atoms with Gasteiger partial charge in [0.1, 0.15) is 0 Å². The van der Waals surface area contributed by atoms with Gasteiger partial charge in [0.25, 0.3) is 0 Å². The summed E-state index contributed by atoms with van der Waals surface area (Å²) in [4.78, 5) is 26.7. The van der Waals surface area contributed by atoms with Gasteiger partial charge in [-0.3, -0.25) is 9.59 Å². The molecule has 0 bridgehead atoms. The number of halogens is 1. The molecule has 120 valence electrons. The molecule has 1 saturated heterocycles. The molecule has 1 fully saturated rings. The van der Waals surface area contributed by atoms with Gasteiger partial charge in [-0.25, -0.2) is 0 Å². The molecule has 1 atom stereocenters. The predicted molar refractivity (Wildman–Crippen MR) is 91.6 cm³/mol. The van der Waals surface area contributed by atoms with E-state index in [4.69, 9.17) is 11.6 Å². The van der Waals surface area contributed by atoms with Crippen LogP contribution in [0.25, 0.3) is 0 Å². The highest BCUT2D eigenvalue weighted by Crippen LogP contribution is 2.27. The summed E-state index contributed by atoms with van der Waals surface area (Å²) in [6.45, 7) is 0.783. The molecular formula is C17H17ClN2O2S. The number of nitrogens with zero attached hydrogens (tertiary/aromatic N) is 1. The minimum Gasteiger partial charge on any atom is -0.343 e. The van der Waals surface area contributed by atoms with Crippen LogP contribution in [0.1, 0.15) is 29.3 Å². The van der Waals surface area contributed by atoms with E-state index < -0.39 is 0 Å². The van der Waals surface area contributed by atoms with E-state index in [-0.39, 0.29) is 24.4 Å². The second-order valence-electron chi connectivity index (χ2n) is 5.49. The second-order valence-corrected chi connectivity index (χ2v) is 6.90. The average molecular weight is 349 g/mol. The van der Waals surface area contributed by atoms with Crippen LogP contribution in [0.15, 0.2) is 41.8 Å². The molecule has 0 radical (unpaired) electrons. The molecule has 1 aliphatic heterocycles. The number of amides is 2. The molecule has 0 saturated carbocycles. The van der Waals surface area contributed by atoms with E-state index in [0.717, 1.165) is 16.9 Å². The minimum absolute atomic E-state index is 0.0549. The predicted octanol–water partition coefficient (Wildman–Crippen LogP) is 3.23. The molecule has 0 spiro atoms. The first-order valence-corrected chi connectivity index (χ1v) is 8.75. The Labute approximate surface area is 144 Å². The molecule has 23 heavy (non-hydrogen) atoms. The molecule has 2 amide bonds. The molecular weight excluding hydrogens is 332 g/mol. The molecule has 6 heteroatoms. The maximum absolute atomic E-state index is 12.4. The van der Waals surface area contributed by atoms with Gasteiger partial charge in [0, 0.05) is 22.9 Å². The van der Waals surface area contributed by atoms with E-state index in [0.29, 0.717) is 18.0 Å². The molecule has 1 aromatic carbocycles. The summed E-state index contributed by atoms with van der Waals surface area (Å²) in [5, 5.41) is 5.68. The van der Waals surface area contributed by atoms with Crippen molar-refractivity contribution in [1.82, 2.24) is 10.2 Å². The smallest absolute Gasteiger partial charge is 0.240 e. The molecule has 1 aromatic heterocycles. The van der Waals surface area contributed by atoms with Gasteiger partial charge in [0.2, 0.25) is 11.8 Å². The Bertz CT molecular complexity index is 685. The number of nitrogens with one attached hydrogen (secondary N) is 1. The van der Waals surface area contributed by atoms with Crippen LogP contribution >= 0.6 is 22.9 Å². The number of thiophene rings is 1. The van der Waals surface area contributed by atoms with Crippen molar-refractivity contribution in [3.05, 3.63) is 57.2 Å². The molecule has 2 heterocycles. The molecule has 3 rings (SSSR count). The summed E-state index contributed by atoms with van der Waals surface area (Å²) in [7, 11) is 0. The van der Waals surface area contributed by atoms with Crippen LogP contribution in [0, 0.1) is 0 Å². The Morgan fingerprint density at radius 2 is 2.09 bits per heavy atom. The molecule has 4 nitrogen and oxygen atoms in total. The lowest BCUT2D eigenvalue weighted by Crippen LogP contribution is -2.39. The van der Waals surface area contributed by atoms with Crippen molar-refractivity contribution in [2.24, 2.45) is 0 Å². The van der Waals surface area contributed by atoms with Crippen LogP contribution in [-0.4, -0.2) is 29.8 Å². The molecule has 0 aliphatic carbocycles. The quantitative estimate of drug-likeness (QED) is 0.901. The highest BCUT2D eigenvalue weighted by molar-refractivity contribution is 7.10. The summed E-state index contributed by atoms with van der Waals surface area (Å²) < 4.78 is 0. The van der Waals surface area contributed by atoms with Crippen LogP contribution < -0.4 is 5.32 Å². The first kappa shape index (κ1) is 16.0. The Morgan fingerprint density at radius 3 is 2.70 bits per heavy atom. The zero-order chi connectivity index (χ0) is 16.2. The monoisotopic (exact) mass is 348 g/mol. The first-order chi connectivity index (χ1) is 11.1. The number of likely N-dealkylation sites (tertiary alicyclic amines) is 1. The number of rotatable bonds is 5. The Balaban J connectivity index is 1.75. The third-order valence-corrected chi connectivity index (χ3v) is 5.03. The van der Waals surface area contributed by atoms with E-state index in [1.165, 1.54) is 0 Å². The van der Waals surface area contributed by atoms with Crippen LogP contribution in [0.3, 0.4) is 0 Å². The van der Waals surface area contributed by atoms with Crippen molar-refractivity contribution in [3.63, 3.8) is 0 Å². The number of hydrogen-bond acceptors (Lipinski definition) is 3. The Kier molecular flexibility index (Phi) is 4.98. The number of hydrogen-bond donors (Lipinski definition) is 1. The summed E-state index contributed by atoms with van der Waals surface area (Å²) in [6.07, 6.45) is 1.37. The van der Waals surface area contributed by atoms with Gasteiger partial charge in [0.15, 0.2) is 0 Å². The SMILES string of the molecule is O=C(CN1CCCC1=O)N[C@H](c1ccc(Cl)cc1)c1cccs1. The van der Waals surface area contributed by atoms with Crippen molar-refractivity contribution in [2.45, 2.75) is 18.9 Å². The first-order valence-electron chi connectivity index (χ1n) is 7.49. The van der Waals surface area contributed by atoms with Crippen molar-refractivity contribution >= 4 is 34.8 Å². The van der Waals surface area contributed by atoms with Crippen molar-refractivity contribution in [2.75, 3.05) is 13.1 Å². The lowest BCUT2D eigenvalue weighted by Gasteiger charge is -2.21. The van der Waals surface area contributed by atoms with Crippen molar-refractivity contribution < 1.29 is 9.59 Å². The van der Waals surface area contributed by atoms with E-state index in [2.05, 4.69) is 5.32 Å². The van der Waals surface area contributed by atoms with E-state index in [9.17, 15) is 9.59 Å². The van der Waals surface area contributed by atoms with E-state index in [1.807, 2.05) is 41.8 Å². The average Bonchev–Trinajstić information content (AvgIpc) is 3.19. The Hall–Kier alpha value is -1.85. The topological polar surface area (TPSA) is 49.4 Å².